The maximum atomic E-state index is 10.9. The maximum absolute atomic E-state index is 10.9. The molecule has 0 spiro atoms. The van der Waals surface area contributed by atoms with Gasteiger partial charge in [-0.3, -0.25) is 4.79 Å². The third-order valence-corrected chi connectivity index (χ3v) is 2.67. The summed E-state index contributed by atoms with van der Waals surface area (Å²) >= 11 is 0. The van der Waals surface area contributed by atoms with E-state index in [4.69, 9.17) is 4.74 Å². The van der Waals surface area contributed by atoms with Crippen LogP contribution in [0, 0.1) is 0 Å². The fourth-order valence-corrected chi connectivity index (χ4v) is 1.60. The van der Waals surface area contributed by atoms with Gasteiger partial charge in [-0.25, -0.2) is 0 Å². The molecule has 0 heterocycles. The first-order chi connectivity index (χ1) is 5.85. The summed E-state index contributed by atoms with van der Waals surface area (Å²) < 4.78 is 5.09. The lowest BCUT2D eigenvalue weighted by molar-refractivity contribution is -0.145. The molecule has 0 unspecified atom stereocenters. The minimum Gasteiger partial charge on any atom is -0.458 e. The van der Waals surface area contributed by atoms with Gasteiger partial charge in [0, 0.05) is 6.42 Å². The van der Waals surface area contributed by atoms with Gasteiger partial charge in [0.2, 0.25) is 0 Å². The number of esters is 1. The first-order valence-corrected chi connectivity index (χ1v) is 8.31. The average Bonchev–Trinajstić information content (AvgIpc) is 1.99. The van der Waals surface area contributed by atoms with E-state index in [2.05, 4.69) is 25.3 Å². The van der Waals surface area contributed by atoms with Gasteiger partial charge in [-0.05, 0) is 6.92 Å². The van der Waals surface area contributed by atoms with E-state index in [0.717, 1.165) is 0 Å². The van der Waals surface area contributed by atoms with E-state index < -0.39 is 8.07 Å². The van der Waals surface area contributed by atoms with Gasteiger partial charge < -0.3 is 4.74 Å². The zero-order valence-corrected chi connectivity index (χ0v) is 10.3. The van der Waals surface area contributed by atoms with E-state index in [1.165, 1.54) is 0 Å². The molecule has 1 atom stereocenters. The van der Waals surface area contributed by atoms with Crippen molar-refractivity contribution < 1.29 is 9.53 Å². The first-order valence-electron chi connectivity index (χ1n) is 4.74. The van der Waals surface area contributed by atoms with E-state index in [-0.39, 0.29) is 12.1 Å². The van der Waals surface area contributed by atoms with E-state index in [0.29, 0.717) is 6.42 Å². The molecule has 0 amide bonds. The molecule has 0 saturated heterocycles. The molecule has 0 bridgehead atoms. The summed E-state index contributed by atoms with van der Waals surface area (Å²) in [6, 6.07) is 0. The highest BCUT2D eigenvalue weighted by molar-refractivity contribution is 6.80. The van der Waals surface area contributed by atoms with Crippen molar-refractivity contribution in [1.29, 1.82) is 0 Å². The molecular formula is C10H20O2Si. The Kier molecular flexibility index (Phi) is 4.99. The highest BCUT2D eigenvalue weighted by Crippen LogP contribution is 2.04. The Bertz CT molecular complexity index is 192. The minimum atomic E-state index is -1.15. The lowest BCUT2D eigenvalue weighted by atomic mass is 10.4. The van der Waals surface area contributed by atoms with Gasteiger partial charge in [0.25, 0.3) is 0 Å². The second kappa shape index (κ2) is 5.22. The quantitative estimate of drug-likeness (QED) is 0.515. The number of carbonyl (C=O) groups is 1. The Morgan fingerprint density at radius 3 is 2.38 bits per heavy atom. The Labute approximate surface area is 82.0 Å². The largest absolute Gasteiger partial charge is 0.458 e. The molecule has 0 aliphatic rings. The van der Waals surface area contributed by atoms with Crippen LogP contribution in [-0.4, -0.2) is 20.1 Å². The standard InChI is InChI=1S/C10H20O2Si/c1-6-10(11)12-9(2)7-8-13(3,4)5/h7-9H,6H2,1-5H3/b8-7+/t9-/m1/s1. The number of carbonyl (C=O) groups excluding carboxylic acids is 1. The Hall–Kier alpha value is -0.573. The molecule has 0 saturated carbocycles. The summed E-state index contributed by atoms with van der Waals surface area (Å²) in [4.78, 5) is 10.9. The summed E-state index contributed by atoms with van der Waals surface area (Å²) in [6.07, 6.45) is 2.35. The van der Waals surface area contributed by atoms with Crippen molar-refractivity contribution >= 4 is 14.0 Å². The van der Waals surface area contributed by atoms with Gasteiger partial charge in [-0.15, -0.1) is 0 Å². The lowest BCUT2D eigenvalue weighted by Crippen LogP contribution is -2.18. The van der Waals surface area contributed by atoms with Gasteiger partial charge in [0.1, 0.15) is 6.10 Å². The normalized spacial score (nSPS) is 14.5. The second-order valence-electron chi connectivity index (χ2n) is 4.27. The van der Waals surface area contributed by atoms with Crippen LogP contribution in [-0.2, 0) is 9.53 Å². The summed E-state index contributed by atoms with van der Waals surface area (Å²) in [6.45, 7) is 10.4. The highest BCUT2D eigenvalue weighted by Gasteiger charge is 2.09. The molecule has 0 radical (unpaired) electrons. The molecule has 0 aliphatic carbocycles. The molecular weight excluding hydrogens is 180 g/mol. The molecule has 13 heavy (non-hydrogen) atoms. The van der Waals surface area contributed by atoms with Crippen molar-refractivity contribution in [3.05, 3.63) is 11.8 Å². The molecule has 0 N–H and O–H groups in total. The van der Waals surface area contributed by atoms with Crippen molar-refractivity contribution in [1.82, 2.24) is 0 Å². The van der Waals surface area contributed by atoms with E-state index in [1.807, 2.05) is 13.0 Å². The summed E-state index contributed by atoms with van der Waals surface area (Å²) in [5.41, 5.74) is 2.20. The van der Waals surface area contributed by atoms with Crippen LogP contribution in [0.15, 0.2) is 11.8 Å². The van der Waals surface area contributed by atoms with Crippen molar-refractivity contribution in [2.75, 3.05) is 0 Å². The van der Waals surface area contributed by atoms with E-state index in [9.17, 15) is 4.79 Å². The number of hydrogen-bond acceptors (Lipinski definition) is 2. The summed E-state index contributed by atoms with van der Waals surface area (Å²) in [7, 11) is -1.15. The fraction of sp³-hybridized carbons (Fsp3) is 0.700. The third-order valence-electron chi connectivity index (χ3n) is 1.47. The van der Waals surface area contributed by atoms with Crippen LogP contribution in [0.25, 0.3) is 0 Å². The van der Waals surface area contributed by atoms with Crippen molar-refractivity contribution in [3.8, 4) is 0 Å². The molecule has 0 aliphatic heterocycles. The molecule has 0 fully saturated rings. The van der Waals surface area contributed by atoms with Crippen LogP contribution < -0.4 is 0 Å². The van der Waals surface area contributed by atoms with Crippen LogP contribution in [0.2, 0.25) is 19.6 Å². The van der Waals surface area contributed by atoms with Crippen molar-refractivity contribution in [2.45, 2.75) is 46.0 Å². The smallest absolute Gasteiger partial charge is 0.306 e. The minimum absolute atomic E-state index is 0.0841. The van der Waals surface area contributed by atoms with E-state index >= 15 is 0 Å². The molecule has 0 aromatic heterocycles. The zero-order chi connectivity index (χ0) is 10.5. The molecule has 0 aromatic rings. The lowest BCUT2D eigenvalue weighted by Gasteiger charge is -2.12. The van der Waals surface area contributed by atoms with Crippen LogP contribution in [0.4, 0.5) is 0 Å². The first kappa shape index (κ1) is 12.4. The molecule has 2 nitrogen and oxygen atoms in total. The monoisotopic (exact) mass is 200 g/mol. The number of hydrogen-bond donors (Lipinski definition) is 0. The zero-order valence-electron chi connectivity index (χ0n) is 9.26. The summed E-state index contributed by atoms with van der Waals surface area (Å²) in [5, 5.41) is 0. The molecule has 0 rings (SSSR count). The Morgan fingerprint density at radius 2 is 2.00 bits per heavy atom. The van der Waals surface area contributed by atoms with Crippen LogP contribution in [0.5, 0.6) is 0 Å². The topological polar surface area (TPSA) is 26.3 Å². The number of rotatable bonds is 4. The Morgan fingerprint density at radius 1 is 1.46 bits per heavy atom. The van der Waals surface area contributed by atoms with Crippen LogP contribution in [0.3, 0.4) is 0 Å². The molecule has 3 heteroatoms. The van der Waals surface area contributed by atoms with Crippen molar-refractivity contribution in [2.24, 2.45) is 0 Å². The predicted molar refractivity (Wildman–Crippen MR) is 58.3 cm³/mol. The van der Waals surface area contributed by atoms with Crippen LogP contribution >= 0.6 is 0 Å². The average molecular weight is 200 g/mol. The Balaban J connectivity index is 3.94. The predicted octanol–water partition coefficient (Wildman–Crippen LogP) is 2.76. The van der Waals surface area contributed by atoms with Gasteiger partial charge in [-0.2, -0.15) is 0 Å². The fourth-order valence-electron chi connectivity index (χ4n) is 0.754. The van der Waals surface area contributed by atoms with Gasteiger partial charge in [0.05, 0.1) is 8.07 Å². The van der Waals surface area contributed by atoms with Gasteiger partial charge in [-0.1, -0.05) is 38.3 Å². The SMILES string of the molecule is CCC(=O)O[C@H](C)/C=C/[Si](C)(C)C. The van der Waals surface area contributed by atoms with Crippen LogP contribution in [0.1, 0.15) is 20.3 Å². The van der Waals surface area contributed by atoms with Gasteiger partial charge in [0.15, 0.2) is 0 Å². The van der Waals surface area contributed by atoms with E-state index in [1.54, 1.807) is 6.92 Å². The molecule has 0 aromatic carbocycles. The third kappa shape index (κ3) is 7.78. The van der Waals surface area contributed by atoms with Crippen molar-refractivity contribution in [3.63, 3.8) is 0 Å². The number of ether oxygens (including phenoxy) is 1. The molecule has 76 valence electrons. The summed E-state index contributed by atoms with van der Waals surface area (Å²) in [5.74, 6) is -0.132. The maximum Gasteiger partial charge on any atom is 0.306 e. The van der Waals surface area contributed by atoms with Gasteiger partial charge >= 0.3 is 5.97 Å². The second-order valence-corrected chi connectivity index (χ2v) is 9.34. The highest BCUT2D eigenvalue weighted by atomic mass is 28.3.